The first kappa shape index (κ1) is 24.0. The molecule has 0 aromatic carbocycles. The number of hydrogen-bond donors (Lipinski definition) is 4. The molecule has 5 rings (SSSR count). The number of likely N-dealkylation sites (N-methyl/N-ethyl adjacent to an activating group) is 1. The van der Waals surface area contributed by atoms with Gasteiger partial charge in [-0.2, -0.15) is 0 Å². The summed E-state index contributed by atoms with van der Waals surface area (Å²) in [4.78, 5) is 35.1. The zero-order chi connectivity index (χ0) is 25.4. The quantitative estimate of drug-likeness (QED) is 0.266. The third-order valence-electron chi connectivity index (χ3n) is 6.15. The van der Waals surface area contributed by atoms with Gasteiger partial charge in [0.05, 0.1) is 23.6 Å². The van der Waals surface area contributed by atoms with Crippen molar-refractivity contribution in [3.8, 4) is 11.4 Å². The van der Waals surface area contributed by atoms with Gasteiger partial charge in [0.2, 0.25) is 6.41 Å². The summed E-state index contributed by atoms with van der Waals surface area (Å²) in [5.41, 5.74) is 3.37. The van der Waals surface area contributed by atoms with Gasteiger partial charge >= 0.3 is 0 Å². The molecular weight excluding hydrogens is 486 g/mol. The number of rotatable bonds is 7. The highest BCUT2D eigenvalue weighted by Gasteiger charge is 2.47. The number of nitrogens with one attached hydrogen (secondary N) is 2. The largest absolute Gasteiger partial charge is 0.387 e. The van der Waals surface area contributed by atoms with Gasteiger partial charge in [-0.05, 0) is 37.7 Å². The van der Waals surface area contributed by atoms with Crippen LogP contribution in [0.2, 0.25) is 5.02 Å². The molecule has 1 amide bonds. The van der Waals surface area contributed by atoms with Crippen LogP contribution in [0.1, 0.15) is 17.4 Å². The summed E-state index contributed by atoms with van der Waals surface area (Å²) in [5.74, 6) is 0.799. The summed E-state index contributed by atoms with van der Waals surface area (Å²) in [6, 6.07) is 5.59. The van der Waals surface area contributed by atoms with Crippen molar-refractivity contribution >= 4 is 35.0 Å². The fourth-order valence-electron chi connectivity index (χ4n) is 4.42. The number of amides is 1. The first-order valence-electron chi connectivity index (χ1n) is 11.2. The Morgan fingerprint density at radius 1 is 1.17 bits per heavy atom. The van der Waals surface area contributed by atoms with Crippen LogP contribution in [0.5, 0.6) is 0 Å². The summed E-state index contributed by atoms with van der Waals surface area (Å²) < 4.78 is 1.65. The van der Waals surface area contributed by atoms with E-state index in [1.807, 2.05) is 19.1 Å². The van der Waals surface area contributed by atoms with Crippen molar-refractivity contribution in [1.82, 2.24) is 39.7 Å². The molecule has 0 aliphatic carbocycles. The Kier molecular flexibility index (Phi) is 6.49. The SMILES string of the molecule is Cc1ccnc(CNc2nc(-c3cncc(Cl)c3)nc3c2ncn3[C@H]2[C@H](O)[C@H](O)[C@@H](NC=O)N2C)c1. The lowest BCUT2D eigenvalue weighted by Gasteiger charge is -2.26. The molecule has 1 saturated heterocycles. The molecule has 4 aromatic rings. The highest BCUT2D eigenvalue weighted by molar-refractivity contribution is 6.30. The van der Waals surface area contributed by atoms with E-state index in [1.165, 1.54) is 12.5 Å². The minimum absolute atomic E-state index is 0.345. The number of carbonyl (C=O) groups is 1. The van der Waals surface area contributed by atoms with Gasteiger partial charge in [0, 0.05) is 24.2 Å². The molecule has 36 heavy (non-hydrogen) atoms. The molecule has 0 radical (unpaired) electrons. The normalized spacial score (nSPS) is 22.1. The van der Waals surface area contributed by atoms with Gasteiger partial charge in [-0.25, -0.2) is 15.0 Å². The van der Waals surface area contributed by atoms with Crippen molar-refractivity contribution < 1.29 is 15.0 Å². The maximum absolute atomic E-state index is 11.0. The second-order valence-electron chi connectivity index (χ2n) is 8.58. The van der Waals surface area contributed by atoms with Crippen LogP contribution >= 0.6 is 11.6 Å². The van der Waals surface area contributed by atoms with E-state index in [9.17, 15) is 15.0 Å². The molecule has 4 N–H and O–H groups in total. The molecule has 1 fully saturated rings. The summed E-state index contributed by atoms with van der Waals surface area (Å²) >= 11 is 6.16. The van der Waals surface area contributed by atoms with E-state index in [0.717, 1.165) is 11.3 Å². The van der Waals surface area contributed by atoms with Crippen molar-refractivity contribution in [2.75, 3.05) is 12.4 Å². The third-order valence-corrected chi connectivity index (χ3v) is 6.36. The highest BCUT2D eigenvalue weighted by atomic mass is 35.5. The van der Waals surface area contributed by atoms with Crippen LogP contribution in [0.15, 0.2) is 43.1 Å². The number of aliphatic hydroxyl groups is 2. The fourth-order valence-corrected chi connectivity index (χ4v) is 4.60. The number of anilines is 1. The van der Waals surface area contributed by atoms with E-state index in [2.05, 4.69) is 30.6 Å². The monoisotopic (exact) mass is 509 g/mol. The number of aromatic nitrogens is 6. The minimum atomic E-state index is -1.22. The summed E-state index contributed by atoms with van der Waals surface area (Å²) in [6.07, 6.45) is 2.89. The fraction of sp³-hybridized carbons (Fsp3) is 0.304. The molecule has 12 nitrogen and oxygen atoms in total. The predicted octanol–water partition coefficient (Wildman–Crippen LogP) is 1.10. The van der Waals surface area contributed by atoms with Crippen molar-refractivity contribution in [3.63, 3.8) is 0 Å². The summed E-state index contributed by atoms with van der Waals surface area (Å²) in [7, 11) is 1.68. The van der Waals surface area contributed by atoms with Gasteiger partial charge in [-0.1, -0.05) is 11.6 Å². The van der Waals surface area contributed by atoms with E-state index in [1.54, 1.807) is 35.0 Å². The number of aliphatic hydroxyl groups excluding tert-OH is 2. The first-order chi connectivity index (χ1) is 17.4. The van der Waals surface area contributed by atoms with Crippen LogP contribution in [0, 0.1) is 6.92 Å². The Morgan fingerprint density at radius 3 is 2.75 bits per heavy atom. The number of imidazole rings is 1. The topological polar surface area (TPSA) is 154 Å². The van der Waals surface area contributed by atoms with Gasteiger partial charge in [0.1, 0.15) is 24.5 Å². The maximum Gasteiger partial charge on any atom is 0.208 e. The Bertz CT molecular complexity index is 1410. The number of aryl methyl sites for hydroxylation is 1. The minimum Gasteiger partial charge on any atom is -0.387 e. The molecule has 5 heterocycles. The lowest BCUT2D eigenvalue weighted by Crippen LogP contribution is -2.45. The van der Waals surface area contributed by atoms with E-state index in [4.69, 9.17) is 16.6 Å². The van der Waals surface area contributed by atoms with Gasteiger partial charge in [-0.3, -0.25) is 24.2 Å². The number of likely N-dealkylation sites (tertiary alicyclic amines) is 1. The van der Waals surface area contributed by atoms with Gasteiger partial charge in [-0.15, -0.1) is 0 Å². The van der Waals surface area contributed by atoms with E-state index >= 15 is 0 Å². The van der Waals surface area contributed by atoms with Crippen LogP contribution in [0.25, 0.3) is 22.6 Å². The zero-order valence-electron chi connectivity index (χ0n) is 19.4. The second-order valence-corrected chi connectivity index (χ2v) is 9.02. The number of hydrogen-bond acceptors (Lipinski definition) is 10. The molecule has 186 valence electrons. The van der Waals surface area contributed by atoms with Gasteiger partial charge < -0.3 is 20.8 Å². The van der Waals surface area contributed by atoms with E-state index < -0.39 is 24.5 Å². The molecule has 4 aromatic heterocycles. The lowest BCUT2D eigenvalue weighted by atomic mass is 10.2. The van der Waals surface area contributed by atoms with Crippen molar-refractivity contribution in [3.05, 3.63) is 59.4 Å². The number of halogens is 1. The van der Waals surface area contributed by atoms with E-state index in [0.29, 0.717) is 46.3 Å². The number of pyridine rings is 2. The van der Waals surface area contributed by atoms with Crippen molar-refractivity contribution in [2.45, 2.75) is 38.0 Å². The van der Waals surface area contributed by atoms with Crippen LogP contribution in [-0.2, 0) is 11.3 Å². The number of nitrogens with zero attached hydrogens (tertiary/aromatic N) is 7. The Balaban J connectivity index is 1.61. The average Bonchev–Trinajstić information content (AvgIpc) is 3.37. The van der Waals surface area contributed by atoms with Crippen molar-refractivity contribution in [2.24, 2.45) is 0 Å². The van der Waals surface area contributed by atoms with Crippen LogP contribution in [0.4, 0.5) is 5.82 Å². The standard InChI is InChI=1S/C23H24ClN9O3/c1-12-3-4-26-15(5-12)9-27-20-16-21(31-19(30-20)13-6-14(24)8-25-7-13)33(10-28-16)23-18(36)17(35)22(29-11-34)32(23)2/h3-8,10-11,17-18,22-23,35-36H,9H2,1-2H3,(H,29,34)(H,27,30,31)/t17-,18+,22-,23-/m0/s1. The smallest absolute Gasteiger partial charge is 0.208 e. The summed E-state index contributed by atoms with van der Waals surface area (Å²) in [6.45, 7) is 2.38. The van der Waals surface area contributed by atoms with Crippen LogP contribution in [-0.4, -0.2) is 76.4 Å². The summed E-state index contributed by atoms with van der Waals surface area (Å²) in [5, 5.41) is 27.6. The average molecular weight is 510 g/mol. The first-order valence-corrected chi connectivity index (χ1v) is 11.5. The van der Waals surface area contributed by atoms with E-state index in [-0.39, 0.29) is 0 Å². The highest BCUT2D eigenvalue weighted by Crippen LogP contribution is 2.34. The molecule has 0 saturated carbocycles. The molecule has 0 unspecified atom stereocenters. The van der Waals surface area contributed by atoms with Crippen molar-refractivity contribution in [1.29, 1.82) is 0 Å². The number of carbonyl (C=O) groups excluding carboxylic acids is 1. The third kappa shape index (κ3) is 4.35. The zero-order valence-corrected chi connectivity index (χ0v) is 20.2. The van der Waals surface area contributed by atoms with Gasteiger partial charge in [0.15, 0.2) is 22.8 Å². The molecule has 1 aliphatic rings. The maximum atomic E-state index is 11.0. The molecule has 0 spiro atoms. The number of fused-ring (bicyclic) bond motifs is 1. The molecule has 4 atom stereocenters. The Morgan fingerprint density at radius 2 is 2.00 bits per heavy atom. The molecule has 1 aliphatic heterocycles. The van der Waals surface area contributed by atoms with Gasteiger partial charge in [0.25, 0.3) is 0 Å². The van der Waals surface area contributed by atoms with Crippen LogP contribution in [0.3, 0.4) is 0 Å². The molecule has 0 bridgehead atoms. The second kappa shape index (κ2) is 9.74. The Hall–Kier alpha value is -3.71. The Labute approximate surface area is 211 Å². The lowest BCUT2D eigenvalue weighted by molar-refractivity contribution is -0.112. The predicted molar refractivity (Wildman–Crippen MR) is 132 cm³/mol. The molecule has 13 heteroatoms. The van der Waals surface area contributed by atoms with Crippen LogP contribution < -0.4 is 10.6 Å². The molecular formula is C23H24ClN9O3.